The zero-order valence-corrected chi connectivity index (χ0v) is 14.2. The Morgan fingerprint density at radius 1 is 1.20 bits per heavy atom. The van der Waals surface area contributed by atoms with Gasteiger partial charge in [0.05, 0.1) is 32.9 Å². The Hall–Kier alpha value is -2.60. The summed E-state index contributed by atoms with van der Waals surface area (Å²) >= 11 is 0. The van der Waals surface area contributed by atoms with Crippen molar-refractivity contribution < 1.29 is 23.4 Å². The number of nitrogens with zero attached hydrogens (tertiary/aromatic N) is 1. The van der Waals surface area contributed by atoms with Gasteiger partial charge in [0.2, 0.25) is 0 Å². The molecule has 0 saturated carbocycles. The maximum Gasteiger partial charge on any atom is 0.257 e. The van der Waals surface area contributed by atoms with E-state index in [1.807, 2.05) is 0 Å². The molecule has 25 heavy (non-hydrogen) atoms. The van der Waals surface area contributed by atoms with Gasteiger partial charge in [-0.3, -0.25) is 4.79 Å². The smallest absolute Gasteiger partial charge is 0.257 e. The Bertz CT molecular complexity index is 765. The molecule has 2 aromatic rings. The third-order valence-corrected chi connectivity index (χ3v) is 4.24. The summed E-state index contributed by atoms with van der Waals surface area (Å²) in [6.07, 6.45) is -0.483. The van der Waals surface area contributed by atoms with Crippen LogP contribution in [0, 0.1) is 5.82 Å². The molecule has 0 radical (unpaired) electrons. The van der Waals surface area contributed by atoms with Crippen molar-refractivity contribution in [3.8, 4) is 11.5 Å². The van der Waals surface area contributed by atoms with Crippen molar-refractivity contribution in [2.75, 3.05) is 33.9 Å². The molecule has 2 aromatic carbocycles. The first-order valence-electron chi connectivity index (χ1n) is 8.01. The van der Waals surface area contributed by atoms with Crippen molar-refractivity contribution in [2.45, 2.75) is 6.10 Å². The highest BCUT2D eigenvalue weighted by atomic mass is 19.1. The molecule has 1 amide bonds. The lowest BCUT2D eigenvalue weighted by atomic mass is 10.1. The first-order valence-corrected chi connectivity index (χ1v) is 8.01. The predicted octanol–water partition coefficient (Wildman–Crippen LogP) is 3.06. The van der Waals surface area contributed by atoms with E-state index in [0.717, 1.165) is 0 Å². The third kappa shape index (κ3) is 3.58. The van der Waals surface area contributed by atoms with Crippen molar-refractivity contribution >= 4 is 5.91 Å². The van der Waals surface area contributed by atoms with Crippen LogP contribution in [-0.4, -0.2) is 44.7 Å². The third-order valence-electron chi connectivity index (χ3n) is 4.24. The lowest BCUT2D eigenvalue weighted by Gasteiger charge is -2.33. The number of carbonyl (C=O) groups is 1. The molecule has 132 valence electrons. The van der Waals surface area contributed by atoms with Gasteiger partial charge in [-0.25, -0.2) is 4.39 Å². The number of hydrogen-bond acceptors (Lipinski definition) is 4. The second kappa shape index (κ2) is 7.53. The van der Waals surface area contributed by atoms with E-state index in [1.165, 1.54) is 13.2 Å². The number of amides is 1. The fourth-order valence-corrected chi connectivity index (χ4v) is 2.90. The molecule has 1 atom stereocenters. The van der Waals surface area contributed by atoms with Crippen molar-refractivity contribution in [2.24, 2.45) is 0 Å². The van der Waals surface area contributed by atoms with E-state index >= 15 is 0 Å². The van der Waals surface area contributed by atoms with E-state index in [9.17, 15) is 9.18 Å². The highest BCUT2D eigenvalue weighted by molar-refractivity contribution is 5.97. The topological polar surface area (TPSA) is 48.0 Å². The Kier molecular flexibility index (Phi) is 5.19. The van der Waals surface area contributed by atoms with E-state index in [-0.39, 0.29) is 18.3 Å². The highest BCUT2D eigenvalue weighted by Crippen LogP contribution is 2.29. The Morgan fingerprint density at radius 2 is 2.00 bits per heavy atom. The molecule has 3 rings (SSSR count). The summed E-state index contributed by atoms with van der Waals surface area (Å²) in [7, 11) is 3.06. The van der Waals surface area contributed by atoms with Crippen LogP contribution in [0.25, 0.3) is 0 Å². The van der Waals surface area contributed by atoms with Crippen LogP contribution < -0.4 is 9.47 Å². The summed E-state index contributed by atoms with van der Waals surface area (Å²) in [5, 5.41) is 0. The fraction of sp³-hybridized carbons (Fsp3) is 0.316. The summed E-state index contributed by atoms with van der Waals surface area (Å²) in [6.45, 7) is 1.08. The predicted molar refractivity (Wildman–Crippen MR) is 90.5 cm³/mol. The van der Waals surface area contributed by atoms with Gasteiger partial charge in [0.25, 0.3) is 5.91 Å². The van der Waals surface area contributed by atoms with Gasteiger partial charge in [0.1, 0.15) is 23.4 Å². The number of hydrogen-bond donors (Lipinski definition) is 0. The maximum atomic E-state index is 14.0. The van der Waals surface area contributed by atoms with Gasteiger partial charge in [-0.05, 0) is 18.2 Å². The summed E-state index contributed by atoms with van der Waals surface area (Å²) in [5.41, 5.74) is 0.902. The van der Waals surface area contributed by atoms with E-state index in [0.29, 0.717) is 35.8 Å². The van der Waals surface area contributed by atoms with Gasteiger partial charge in [-0.1, -0.05) is 18.2 Å². The van der Waals surface area contributed by atoms with Crippen molar-refractivity contribution in [1.29, 1.82) is 0 Å². The number of morpholine rings is 1. The quantitative estimate of drug-likeness (QED) is 0.855. The van der Waals surface area contributed by atoms with Crippen molar-refractivity contribution in [1.82, 2.24) is 4.90 Å². The normalized spacial score (nSPS) is 17.2. The molecule has 0 N–H and O–H groups in total. The SMILES string of the molecule is COc1ccc(C(=O)N2CCOC(c3ccccc3F)C2)c(OC)c1. The number of halogens is 1. The Balaban J connectivity index is 1.82. The molecule has 1 heterocycles. The molecule has 0 bridgehead atoms. The first kappa shape index (κ1) is 17.2. The highest BCUT2D eigenvalue weighted by Gasteiger charge is 2.29. The molecule has 6 heteroatoms. The minimum absolute atomic E-state index is 0.177. The molecule has 0 aromatic heterocycles. The van der Waals surface area contributed by atoms with E-state index < -0.39 is 6.10 Å². The molecule has 5 nitrogen and oxygen atoms in total. The van der Waals surface area contributed by atoms with E-state index in [1.54, 1.807) is 48.4 Å². The molecule has 0 spiro atoms. The zero-order chi connectivity index (χ0) is 17.8. The van der Waals surface area contributed by atoms with Crippen LogP contribution in [0.1, 0.15) is 22.0 Å². The summed E-state index contributed by atoms with van der Waals surface area (Å²) in [5.74, 6) is 0.547. The lowest BCUT2D eigenvalue weighted by molar-refractivity contribution is -0.0243. The average Bonchev–Trinajstić information content (AvgIpc) is 2.67. The minimum atomic E-state index is -0.483. The Morgan fingerprint density at radius 3 is 2.72 bits per heavy atom. The number of carbonyl (C=O) groups excluding carboxylic acids is 1. The maximum absolute atomic E-state index is 14.0. The van der Waals surface area contributed by atoms with Gasteiger partial charge in [0.15, 0.2) is 0 Å². The van der Waals surface area contributed by atoms with E-state index in [2.05, 4.69) is 0 Å². The number of ether oxygens (including phenoxy) is 3. The summed E-state index contributed by atoms with van der Waals surface area (Å²) < 4.78 is 30.1. The fourth-order valence-electron chi connectivity index (χ4n) is 2.90. The van der Waals surface area contributed by atoms with Gasteiger partial charge < -0.3 is 19.1 Å². The van der Waals surface area contributed by atoms with Crippen molar-refractivity contribution in [3.05, 3.63) is 59.4 Å². The van der Waals surface area contributed by atoms with Crippen LogP contribution in [0.4, 0.5) is 4.39 Å². The van der Waals surface area contributed by atoms with E-state index in [4.69, 9.17) is 14.2 Å². The Labute approximate surface area is 145 Å². The van der Waals surface area contributed by atoms with Gasteiger partial charge in [0, 0.05) is 18.2 Å². The summed E-state index contributed by atoms with van der Waals surface area (Å²) in [6, 6.07) is 11.5. The minimum Gasteiger partial charge on any atom is -0.497 e. The largest absolute Gasteiger partial charge is 0.497 e. The number of benzene rings is 2. The molecule has 1 aliphatic heterocycles. The van der Waals surface area contributed by atoms with Crippen LogP contribution in [0.15, 0.2) is 42.5 Å². The summed E-state index contributed by atoms with van der Waals surface area (Å²) in [4.78, 5) is 14.6. The molecule has 1 unspecified atom stereocenters. The van der Waals surface area contributed by atoms with Gasteiger partial charge in [-0.15, -0.1) is 0 Å². The van der Waals surface area contributed by atoms with Crippen LogP contribution in [0.5, 0.6) is 11.5 Å². The number of methoxy groups -OCH3 is 2. The molecular weight excluding hydrogens is 325 g/mol. The first-order chi connectivity index (χ1) is 12.1. The van der Waals surface area contributed by atoms with Gasteiger partial charge >= 0.3 is 0 Å². The second-order valence-electron chi connectivity index (χ2n) is 5.70. The molecule has 1 fully saturated rings. The molecule has 1 saturated heterocycles. The van der Waals surface area contributed by atoms with Crippen LogP contribution in [-0.2, 0) is 4.74 Å². The monoisotopic (exact) mass is 345 g/mol. The second-order valence-corrected chi connectivity index (χ2v) is 5.70. The van der Waals surface area contributed by atoms with Crippen LogP contribution in [0.2, 0.25) is 0 Å². The number of rotatable bonds is 4. The average molecular weight is 345 g/mol. The molecule has 0 aliphatic carbocycles. The van der Waals surface area contributed by atoms with Gasteiger partial charge in [-0.2, -0.15) is 0 Å². The van der Waals surface area contributed by atoms with Crippen LogP contribution >= 0.6 is 0 Å². The molecule has 1 aliphatic rings. The van der Waals surface area contributed by atoms with Crippen LogP contribution in [0.3, 0.4) is 0 Å². The molecular formula is C19H20FNO4. The zero-order valence-electron chi connectivity index (χ0n) is 14.2. The van der Waals surface area contributed by atoms with Crippen molar-refractivity contribution in [3.63, 3.8) is 0 Å². The standard InChI is InChI=1S/C19H20FNO4/c1-23-13-7-8-15(17(11-13)24-2)19(22)21-9-10-25-18(12-21)14-5-3-4-6-16(14)20/h3-8,11,18H,9-10,12H2,1-2H3. The lowest BCUT2D eigenvalue weighted by Crippen LogP contribution is -2.42.